The molecule has 1 heterocycles. The molecule has 2 rings (SSSR count). The van der Waals surface area contributed by atoms with Gasteiger partial charge in [0, 0.05) is 45.5 Å². The Morgan fingerprint density at radius 2 is 1.34 bits per heavy atom. The number of hydrogen-bond acceptors (Lipinski definition) is 9. The van der Waals surface area contributed by atoms with E-state index in [0.29, 0.717) is 16.6 Å². The summed E-state index contributed by atoms with van der Waals surface area (Å²) in [6, 6.07) is 6.40. The van der Waals surface area contributed by atoms with E-state index in [0.717, 1.165) is 0 Å². The zero-order chi connectivity index (χ0) is 26.1. The van der Waals surface area contributed by atoms with Crippen LogP contribution in [0.3, 0.4) is 0 Å². The molecule has 0 spiro atoms. The van der Waals surface area contributed by atoms with Crippen molar-refractivity contribution in [3.63, 3.8) is 0 Å². The molecule has 0 aliphatic heterocycles. The number of carbonyl (C=O) groups is 3. The van der Waals surface area contributed by atoms with E-state index in [9.17, 15) is 19.2 Å². The van der Waals surface area contributed by atoms with Gasteiger partial charge in [-0.3, -0.25) is 0 Å². The van der Waals surface area contributed by atoms with Gasteiger partial charge >= 0.3 is 23.5 Å². The van der Waals surface area contributed by atoms with Crippen LogP contribution in [0, 0.1) is 0 Å². The van der Waals surface area contributed by atoms with Gasteiger partial charge in [-0.05, 0) is 32.9 Å². The van der Waals surface area contributed by atoms with Gasteiger partial charge in [0.2, 0.25) is 0 Å². The molecule has 0 aliphatic rings. The quantitative estimate of drug-likeness (QED) is 0.194. The molecule has 1 aromatic heterocycles. The number of fused-ring (bicyclic) bond motifs is 1. The Morgan fingerprint density at radius 1 is 0.829 bits per heavy atom. The normalized spacial score (nSPS) is 10.4. The van der Waals surface area contributed by atoms with Gasteiger partial charge in [-0.25, -0.2) is 19.2 Å². The first kappa shape index (κ1) is 27.1. The highest BCUT2D eigenvalue weighted by atomic mass is 16.5. The third kappa shape index (κ3) is 7.99. The second kappa shape index (κ2) is 12.4. The van der Waals surface area contributed by atoms with Crippen molar-refractivity contribution in [2.24, 2.45) is 0 Å². The summed E-state index contributed by atoms with van der Waals surface area (Å²) in [6.45, 7) is 15.8. The predicted molar refractivity (Wildman–Crippen MR) is 131 cm³/mol. The van der Waals surface area contributed by atoms with Gasteiger partial charge in [0.05, 0.1) is 13.1 Å². The van der Waals surface area contributed by atoms with Crippen LogP contribution in [0.15, 0.2) is 69.9 Å². The minimum atomic E-state index is -0.603. The Hall–Kier alpha value is -4.14. The first-order chi connectivity index (χ1) is 16.5. The van der Waals surface area contributed by atoms with E-state index in [4.69, 9.17) is 18.6 Å². The fraction of sp³-hybridized carbons (Fsp3) is 0.308. The maximum absolute atomic E-state index is 12.1. The summed E-state index contributed by atoms with van der Waals surface area (Å²) >= 11 is 0. The van der Waals surface area contributed by atoms with E-state index < -0.39 is 23.5 Å². The molecule has 0 fully saturated rings. The average molecular weight is 484 g/mol. The highest BCUT2D eigenvalue weighted by molar-refractivity contribution is 5.88. The molecule has 0 saturated carbocycles. The molecule has 0 atom stereocenters. The first-order valence-corrected chi connectivity index (χ1v) is 10.8. The Kier molecular flexibility index (Phi) is 9.57. The summed E-state index contributed by atoms with van der Waals surface area (Å²) in [5.74, 6) is -1.60. The largest absolute Gasteiger partial charge is 0.460 e. The van der Waals surface area contributed by atoms with Crippen LogP contribution in [0.1, 0.15) is 26.3 Å². The molecule has 0 saturated heterocycles. The summed E-state index contributed by atoms with van der Waals surface area (Å²) < 4.78 is 20.9. The molecule has 0 radical (unpaired) electrons. The van der Waals surface area contributed by atoms with Crippen LogP contribution in [0.25, 0.3) is 11.0 Å². The molecule has 9 heteroatoms. The van der Waals surface area contributed by atoms with Crippen molar-refractivity contribution >= 4 is 34.6 Å². The second-order valence-corrected chi connectivity index (χ2v) is 7.95. The van der Waals surface area contributed by atoms with E-state index >= 15 is 0 Å². The van der Waals surface area contributed by atoms with Crippen molar-refractivity contribution in [2.45, 2.75) is 27.4 Å². The van der Waals surface area contributed by atoms with Crippen molar-refractivity contribution < 1.29 is 33.0 Å². The number of carbonyl (C=O) groups excluding carboxylic acids is 3. The lowest BCUT2D eigenvalue weighted by atomic mass is 10.1. The van der Waals surface area contributed by atoms with E-state index in [1.165, 1.54) is 13.0 Å². The van der Waals surface area contributed by atoms with Crippen LogP contribution >= 0.6 is 0 Å². The summed E-state index contributed by atoms with van der Waals surface area (Å²) in [6.07, 6.45) is 0. The molecule has 0 bridgehead atoms. The van der Waals surface area contributed by atoms with Gasteiger partial charge in [-0.1, -0.05) is 19.7 Å². The molecule has 1 aromatic carbocycles. The summed E-state index contributed by atoms with van der Waals surface area (Å²) in [4.78, 5) is 49.1. The van der Waals surface area contributed by atoms with E-state index in [1.54, 1.807) is 32.0 Å². The van der Waals surface area contributed by atoms with Crippen LogP contribution in [-0.4, -0.2) is 44.2 Å². The molecular formula is C26H29NO8. The van der Waals surface area contributed by atoms with Crippen molar-refractivity contribution in [1.29, 1.82) is 0 Å². The van der Waals surface area contributed by atoms with Gasteiger partial charge in [0.1, 0.15) is 25.4 Å². The number of ether oxygens (including phenoxy) is 3. The molecule has 2 aromatic rings. The van der Waals surface area contributed by atoms with Crippen LogP contribution in [-0.2, 0) is 35.2 Å². The standard InChI is InChI=1S/C26H29NO8/c1-16(2)24(29)32-11-9-27(10-12-33-25(30)17(3)4)20-7-8-21-19(15-34-26(31)18(5)6)13-23(28)35-22(21)14-20/h7-8,13-14H,1,3,5,9-12,15H2,2,4,6H3. The number of nitrogens with zero attached hydrogens (tertiary/aromatic N) is 1. The Labute approximate surface area is 203 Å². The van der Waals surface area contributed by atoms with Crippen molar-refractivity contribution in [3.05, 3.63) is 76.7 Å². The molecule has 9 nitrogen and oxygen atoms in total. The topological polar surface area (TPSA) is 112 Å². The lowest BCUT2D eigenvalue weighted by Crippen LogP contribution is -2.32. The van der Waals surface area contributed by atoms with E-state index in [1.807, 2.05) is 4.90 Å². The number of esters is 3. The first-order valence-electron chi connectivity index (χ1n) is 10.8. The molecular weight excluding hydrogens is 454 g/mol. The van der Waals surface area contributed by atoms with Crippen molar-refractivity contribution in [2.75, 3.05) is 31.2 Å². The summed E-state index contributed by atoms with van der Waals surface area (Å²) in [7, 11) is 0. The number of benzene rings is 1. The minimum Gasteiger partial charge on any atom is -0.460 e. The van der Waals surface area contributed by atoms with E-state index in [2.05, 4.69) is 19.7 Å². The molecule has 0 aliphatic carbocycles. The Bertz CT molecular complexity index is 1190. The SMILES string of the molecule is C=C(C)C(=O)OCCN(CCOC(=O)C(=C)C)c1ccc2c(COC(=O)C(=C)C)cc(=O)oc2c1. The van der Waals surface area contributed by atoms with Gasteiger partial charge < -0.3 is 23.5 Å². The molecule has 186 valence electrons. The fourth-order valence-electron chi connectivity index (χ4n) is 2.91. The van der Waals surface area contributed by atoms with Crippen molar-refractivity contribution in [3.8, 4) is 0 Å². The highest BCUT2D eigenvalue weighted by Crippen LogP contribution is 2.24. The van der Waals surface area contributed by atoms with E-state index in [-0.39, 0.29) is 55.2 Å². The third-order valence-corrected chi connectivity index (χ3v) is 4.77. The molecule has 35 heavy (non-hydrogen) atoms. The molecule has 0 unspecified atom stereocenters. The zero-order valence-corrected chi connectivity index (χ0v) is 20.2. The van der Waals surface area contributed by atoms with Gasteiger partial charge in [0.15, 0.2) is 0 Å². The van der Waals surface area contributed by atoms with Crippen LogP contribution in [0.4, 0.5) is 5.69 Å². The lowest BCUT2D eigenvalue weighted by molar-refractivity contribution is -0.140. The summed E-state index contributed by atoms with van der Waals surface area (Å²) in [5.41, 5.74) is 1.59. The highest BCUT2D eigenvalue weighted by Gasteiger charge is 2.15. The average Bonchev–Trinajstić information content (AvgIpc) is 2.80. The maximum atomic E-state index is 12.1. The fourth-order valence-corrected chi connectivity index (χ4v) is 2.91. The minimum absolute atomic E-state index is 0.0546. The number of rotatable bonds is 12. The molecule has 0 N–H and O–H groups in total. The summed E-state index contributed by atoms with van der Waals surface area (Å²) in [5, 5.41) is 0.588. The molecule has 0 amide bonds. The van der Waals surface area contributed by atoms with Crippen LogP contribution in [0.2, 0.25) is 0 Å². The Morgan fingerprint density at radius 3 is 1.86 bits per heavy atom. The maximum Gasteiger partial charge on any atom is 0.336 e. The Balaban J connectivity index is 2.28. The zero-order valence-electron chi connectivity index (χ0n) is 20.2. The van der Waals surface area contributed by atoms with Gasteiger partial charge in [-0.2, -0.15) is 0 Å². The second-order valence-electron chi connectivity index (χ2n) is 7.95. The number of hydrogen-bond donors (Lipinski definition) is 0. The van der Waals surface area contributed by atoms with Gasteiger partial charge in [-0.15, -0.1) is 0 Å². The third-order valence-electron chi connectivity index (χ3n) is 4.77. The van der Waals surface area contributed by atoms with Crippen LogP contribution in [0.5, 0.6) is 0 Å². The lowest BCUT2D eigenvalue weighted by Gasteiger charge is -2.25. The van der Waals surface area contributed by atoms with Crippen molar-refractivity contribution in [1.82, 2.24) is 0 Å². The van der Waals surface area contributed by atoms with Gasteiger partial charge in [0.25, 0.3) is 0 Å². The monoisotopic (exact) mass is 483 g/mol. The van der Waals surface area contributed by atoms with Crippen LogP contribution < -0.4 is 10.5 Å². The number of anilines is 1. The smallest absolute Gasteiger partial charge is 0.336 e. The predicted octanol–water partition coefficient (Wildman–Crippen LogP) is 3.46.